The molecule has 2 aliphatic rings. The Kier molecular flexibility index (Phi) is 6.82. The number of nitrogens with one attached hydrogen (secondary N) is 2. The summed E-state index contributed by atoms with van der Waals surface area (Å²) in [5.74, 6) is 0.814. The van der Waals surface area contributed by atoms with Crippen LogP contribution in [0.3, 0.4) is 0 Å². The molecule has 8 heteroatoms. The maximum absolute atomic E-state index is 13.1. The van der Waals surface area contributed by atoms with Crippen LogP contribution in [0.15, 0.2) is 59.6 Å². The summed E-state index contributed by atoms with van der Waals surface area (Å²) in [6.45, 7) is 11.1. The summed E-state index contributed by atoms with van der Waals surface area (Å²) in [7, 11) is 1.92. The van der Waals surface area contributed by atoms with Gasteiger partial charge in [-0.15, -0.1) is 0 Å². The van der Waals surface area contributed by atoms with Gasteiger partial charge in [-0.3, -0.25) is 19.2 Å². The first-order chi connectivity index (χ1) is 18.1. The van der Waals surface area contributed by atoms with E-state index in [0.29, 0.717) is 12.1 Å². The van der Waals surface area contributed by atoms with E-state index in [1.165, 1.54) is 22.3 Å². The summed E-state index contributed by atoms with van der Waals surface area (Å²) >= 11 is 0. The molecule has 0 fully saturated rings. The normalized spacial score (nSPS) is 19.7. The maximum atomic E-state index is 13.1. The van der Waals surface area contributed by atoms with Gasteiger partial charge in [0.1, 0.15) is 5.84 Å². The SMILES string of the molecule is CC/N=C1/NC(c2cnn(C)c2)=C/C1=C(/C)c1ccc2c(c1)CCCC2NC(=O)c1cnn(C(C)(C)C)c1. The van der Waals surface area contributed by atoms with Crippen LogP contribution in [0.2, 0.25) is 0 Å². The van der Waals surface area contributed by atoms with E-state index in [4.69, 9.17) is 4.99 Å². The number of hydrogen-bond acceptors (Lipinski definition) is 4. The Morgan fingerprint density at radius 1 is 1.18 bits per heavy atom. The number of nitrogens with zero attached hydrogens (tertiary/aromatic N) is 5. The van der Waals surface area contributed by atoms with E-state index in [1.807, 2.05) is 37.2 Å². The predicted molar refractivity (Wildman–Crippen MR) is 152 cm³/mol. The number of carbonyl (C=O) groups excluding carboxylic acids is 1. The lowest BCUT2D eigenvalue weighted by Crippen LogP contribution is -2.31. The fraction of sp³-hybridized carbons (Fsp3) is 0.400. The zero-order chi connectivity index (χ0) is 27.0. The first kappa shape index (κ1) is 25.7. The number of amides is 1. The molecule has 0 saturated carbocycles. The fourth-order valence-corrected chi connectivity index (χ4v) is 5.13. The molecule has 1 amide bonds. The second kappa shape index (κ2) is 10.1. The van der Waals surface area contributed by atoms with E-state index >= 15 is 0 Å². The maximum Gasteiger partial charge on any atom is 0.254 e. The first-order valence-electron chi connectivity index (χ1n) is 13.4. The summed E-state index contributed by atoms with van der Waals surface area (Å²) in [4.78, 5) is 17.8. The minimum Gasteiger partial charge on any atom is -0.345 e. The molecule has 2 aromatic heterocycles. The molecule has 1 aliphatic carbocycles. The van der Waals surface area contributed by atoms with Gasteiger partial charge in [0, 0.05) is 37.1 Å². The van der Waals surface area contributed by atoms with Crippen molar-refractivity contribution in [2.24, 2.45) is 12.0 Å². The number of hydrogen-bond donors (Lipinski definition) is 2. The Balaban J connectivity index is 1.41. The lowest BCUT2D eigenvalue weighted by molar-refractivity contribution is 0.0932. The number of rotatable bonds is 5. The molecular formula is C30H37N7O. The van der Waals surface area contributed by atoms with Crippen molar-refractivity contribution in [3.8, 4) is 0 Å². The molecule has 1 unspecified atom stereocenters. The van der Waals surface area contributed by atoms with Gasteiger partial charge in [-0.1, -0.05) is 18.2 Å². The Bertz CT molecular complexity index is 1460. The number of carbonyl (C=O) groups is 1. The van der Waals surface area contributed by atoms with E-state index < -0.39 is 0 Å². The molecule has 0 saturated heterocycles. The highest BCUT2D eigenvalue weighted by Crippen LogP contribution is 2.34. The average molecular weight is 512 g/mol. The monoisotopic (exact) mass is 511 g/mol. The van der Waals surface area contributed by atoms with Gasteiger partial charge in [0.25, 0.3) is 5.91 Å². The molecular weight excluding hydrogens is 474 g/mol. The second-order valence-electron chi connectivity index (χ2n) is 11.1. The van der Waals surface area contributed by atoms with Crippen molar-refractivity contribution < 1.29 is 4.79 Å². The van der Waals surface area contributed by atoms with Crippen molar-refractivity contribution >= 4 is 23.0 Å². The van der Waals surface area contributed by atoms with Crippen molar-refractivity contribution in [3.63, 3.8) is 0 Å². The van der Waals surface area contributed by atoms with E-state index in [9.17, 15) is 4.79 Å². The van der Waals surface area contributed by atoms with Crippen molar-refractivity contribution in [3.05, 3.63) is 82.5 Å². The number of aromatic nitrogens is 4. The highest BCUT2D eigenvalue weighted by atomic mass is 16.1. The second-order valence-corrected chi connectivity index (χ2v) is 11.1. The Morgan fingerprint density at radius 2 is 2.00 bits per heavy atom. The lowest BCUT2D eigenvalue weighted by Gasteiger charge is -2.27. The summed E-state index contributed by atoms with van der Waals surface area (Å²) in [5, 5.41) is 15.4. The van der Waals surface area contributed by atoms with E-state index in [-0.39, 0.29) is 17.5 Å². The number of amidine groups is 1. The van der Waals surface area contributed by atoms with Crippen LogP contribution in [0, 0.1) is 0 Å². The molecule has 2 N–H and O–H groups in total. The minimum absolute atomic E-state index is 0.00585. The van der Waals surface area contributed by atoms with Gasteiger partial charge in [0.2, 0.25) is 0 Å². The molecule has 5 rings (SSSR count). The van der Waals surface area contributed by atoms with Gasteiger partial charge in [0.05, 0.1) is 35.2 Å². The van der Waals surface area contributed by atoms with Crippen LogP contribution in [0.1, 0.15) is 86.1 Å². The van der Waals surface area contributed by atoms with Crippen LogP contribution in [-0.2, 0) is 19.0 Å². The lowest BCUT2D eigenvalue weighted by atomic mass is 9.85. The van der Waals surface area contributed by atoms with Gasteiger partial charge < -0.3 is 10.6 Å². The molecule has 198 valence electrons. The van der Waals surface area contributed by atoms with E-state index in [2.05, 4.69) is 72.8 Å². The largest absolute Gasteiger partial charge is 0.345 e. The van der Waals surface area contributed by atoms with Crippen LogP contribution >= 0.6 is 0 Å². The summed E-state index contributed by atoms with van der Waals surface area (Å²) < 4.78 is 3.64. The third-order valence-electron chi connectivity index (χ3n) is 7.26. The third kappa shape index (κ3) is 5.08. The van der Waals surface area contributed by atoms with Crippen molar-refractivity contribution in [1.82, 2.24) is 30.2 Å². The van der Waals surface area contributed by atoms with Crippen LogP contribution in [-0.4, -0.2) is 37.8 Å². The molecule has 3 aromatic rings. The molecule has 1 aromatic carbocycles. The smallest absolute Gasteiger partial charge is 0.254 e. The Hall–Kier alpha value is -3.94. The zero-order valence-corrected chi connectivity index (χ0v) is 23.2. The fourth-order valence-electron chi connectivity index (χ4n) is 5.13. The first-order valence-corrected chi connectivity index (χ1v) is 13.4. The number of aliphatic imine (C=N–C) groups is 1. The number of benzene rings is 1. The third-order valence-corrected chi connectivity index (χ3v) is 7.26. The van der Waals surface area contributed by atoms with Crippen LogP contribution in [0.5, 0.6) is 0 Å². The molecule has 0 spiro atoms. The molecule has 0 radical (unpaired) electrons. The molecule has 1 atom stereocenters. The zero-order valence-electron chi connectivity index (χ0n) is 23.2. The molecule has 1 aliphatic heterocycles. The van der Waals surface area contributed by atoms with Crippen molar-refractivity contribution in [1.29, 1.82) is 0 Å². The van der Waals surface area contributed by atoms with Gasteiger partial charge >= 0.3 is 0 Å². The van der Waals surface area contributed by atoms with E-state index in [1.54, 1.807) is 10.9 Å². The topological polar surface area (TPSA) is 89.1 Å². The molecule has 3 heterocycles. The van der Waals surface area contributed by atoms with Gasteiger partial charge in [-0.05, 0) is 82.2 Å². The average Bonchev–Trinajstić information content (AvgIpc) is 3.63. The Morgan fingerprint density at radius 3 is 2.68 bits per heavy atom. The van der Waals surface area contributed by atoms with Crippen LogP contribution in [0.25, 0.3) is 11.3 Å². The molecule has 8 nitrogen and oxygen atoms in total. The van der Waals surface area contributed by atoms with Gasteiger partial charge in [0.15, 0.2) is 0 Å². The molecule has 38 heavy (non-hydrogen) atoms. The summed E-state index contributed by atoms with van der Waals surface area (Å²) in [6, 6.07) is 6.63. The summed E-state index contributed by atoms with van der Waals surface area (Å²) in [6.07, 6.45) is 12.5. The van der Waals surface area contributed by atoms with Gasteiger partial charge in [-0.25, -0.2) is 0 Å². The van der Waals surface area contributed by atoms with E-state index in [0.717, 1.165) is 41.9 Å². The highest BCUT2D eigenvalue weighted by Gasteiger charge is 2.25. The van der Waals surface area contributed by atoms with Crippen molar-refractivity contribution in [2.75, 3.05) is 6.54 Å². The predicted octanol–water partition coefficient (Wildman–Crippen LogP) is 5.02. The quantitative estimate of drug-likeness (QED) is 0.504. The van der Waals surface area contributed by atoms with Gasteiger partial charge in [-0.2, -0.15) is 10.2 Å². The van der Waals surface area contributed by atoms with Crippen molar-refractivity contribution in [2.45, 2.75) is 65.5 Å². The van der Waals surface area contributed by atoms with Crippen LogP contribution < -0.4 is 10.6 Å². The Labute approximate surface area is 224 Å². The number of allylic oxidation sites excluding steroid dienone is 1. The highest BCUT2D eigenvalue weighted by molar-refractivity contribution is 6.15. The number of fused-ring (bicyclic) bond motifs is 1. The number of aryl methyl sites for hydroxylation is 2. The molecule has 0 bridgehead atoms. The standard InChI is InChI=1S/C30H37N7O/c1-7-31-28-25(14-27(34-28)22-15-32-36(6)17-22)19(2)20-11-12-24-21(13-20)9-8-10-26(24)35-29(38)23-16-33-37(18-23)30(3,4)5/h11-18,26H,7-10H2,1-6H3,(H,31,34)(H,35,38)/b25-19+. The van der Waals surface area contributed by atoms with Crippen LogP contribution in [0.4, 0.5) is 0 Å². The minimum atomic E-state index is -0.163. The summed E-state index contributed by atoms with van der Waals surface area (Å²) in [5.41, 5.74) is 8.42.